The number of nitrogens with two attached hydrogens (primary N) is 1. The van der Waals surface area contributed by atoms with Gasteiger partial charge in [0.1, 0.15) is 7.14 Å². The average molecular weight is 353 g/mol. The summed E-state index contributed by atoms with van der Waals surface area (Å²) < 4.78 is 12.6. The van der Waals surface area contributed by atoms with E-state index in [1.807, 2.05) is 43.3 Å². The van der Waals surface area contributed by atoms with Crippen LogP contribution in [0.2, 0.25) is 6.82 Å². The SMILES string of the molecule is CB(O)c1cc(-c2ccc3c(N)nnc(C)c3c2)cc(P(C)(C)=O)c1. The lowest BCUT2D eigenvalue weighted by atomic mass is 9.64. The summed E-state index contributed by atoms with van der Waals surface area (Å²) in [7, 11) is -2.45. The van der Waals surface area contributed by atoms with Crippen LogP contribution in [0.3, 0.4) is 0 Å². The lowest BCUT2D eigenvalue weighted by Gasteiger charge is -2.14. The molecular formula is C18H21BN3O2P. The highest BCUT2D eigenvalue weighted by molar-refractivity contribution is 7.70. The van der Waals surface area contributed by atoms with Crippen LogP contribution < -0.4 is 16.5 Å². The van der Waals surface area contributed by atoms with E-state index in [-0.39, 0.29) is 0 Å². The van der Waals surface area contributed by atoms with Crippen molar-refractivity contribution in [3.8, 4) is 11.1 Å². The Balaban J connectivity index is 2.25. The van der Waals surface area contributed by atoms with Crippen LogP contribution >= 0.6 is 7.14 Å². The molecule has 0 fully saturated rings. The van der Waals surface area contributed by atoms with Crippen molar-refractivity contribution in [1.82, 2.24) is 10.2 Å². The summed E-state index contributed by atoms with van der Waals surface area (Å²) in [5, 5.41) is 20.6. The fourth-order valence-electron chi connectivity index (χ4n) is 2.84. The molecule has 3 N–H and O–H groups in total. The monoisotopic (exact) mass is 353 g/mol. The van der Waals surface area contributed by atoms with Crippen LogP contribution in [0, 0.1) is 6.92 Å². The molecule has 25 heavy (non-hydrogen) atoms. The van der Waals surface area contributed by atoms with Gasteiger partial charge in [-0.3, -0.25) is 0 Å². The van der Waals surface area contributed by atoms with Gasteiger partial charge in [0.2, 0.25) is 0 Å². The molecule has 0 amide bonds. The summed E-state index contributed by atoms with van der Waals surface area (Å²) in [6.07, 6.45) is 0. The van der Waals surface area contributed by atoms with Crippen molar-refractivity contribution in [3.63, 3.8) is 0 Å². The molecule has 1 aromatic heterocycles. The minimum Gasteiger partial charge on any atom is -0.447 e. The minimum absolute atomic E-state index is 0.400. The van der Waals surface area contributed by atoms with E-state index in [0.717, 1.165) is 38.4 Å². The van der Waals surface area contributed by atoms with E-state index in [0.29, 0.717) is 5.82 Å². The van der Waals surface area contributed by atoms with E-state index < -0.39 is 14.1 Å². The van der Waals surface area contributed by atoms with Crippen LogP contribution in [0.4, 0.5) is 5.82 Å². The Morgan fingerprint density at radius 3 is 2.40 bits per heavy atom. The molecule has 0 aliphatic rings. The Morgan fingerprint density at radius 2 is 1.76 bits per heavy atom. The molecule has 0 atom stereocenters. The Labute approximate surface area is 147 Å². The van der Waals surface area contributed by atoms with E-state index in [2.05, 4.69) is 10.2 Å². The van der Waals surface area contributed by atoms with Crippen molar-refractivity contribution in [2.75, 3.05) is 19.1 Å². The van der Waals surface area contributed by atoms with E-state index in [4.69, 9.17) is 5.73 Å². The Morgan fingerprint density at radius 1 is 1.04 bits per heavy atom. The summed E-state index contributed by atoms with van der Waals surface area (Å²) in [5.74, 6) is 0.400. The fourth-order valence-corrected chi connectivity index (χ4v) is 3.75. The largest absolute Gasteiger partial charge is 0.447 e. The second-order valence-electron chi connectivity index (χ2n) is 6.77. The highest BCUT2D eigenvalue weighted by atomic mass is 31.2. The topological polar surface area (TPSA) is 89.1 Å². The van der Waals surface area contributed by atoms with Gasteiger partial charge >= 0.3 is 6.92 Å². The van der Waals surface area contributed by atoms with E-state index in [9.17, 15) is 9.59 Å². The summed E-state index contributed by atoms with van der Waals surface area (Å²) in [5.41, 5.74) is 9.34. The van der Waals surface area contributed by atoms with Crippen molar-refractivity contribution in [2.24, 2.45) is 0 Å². The third-order valence-corrected chi connectivity index (χ3v) is 5.87. The number of aryl methyl sites for hydroxylation is 1. The first-order valence-electron chi connectivity index (χ1n) is 8.08. The predicted molar refractivity (Wildman–Crippen MR) is 107 cm³/mol. The number of anilines is 1. The highest BCUT2D eigenvalue weighted by Crippen LogP contribution is 2.36. The molecular weight excluding hydrogens is 332 g/mol. The first kappa shape index (κ1) is 17.7. The van der Waals surface area contributed by atoms with Gasteiger partial charge in [-0.15, -0.1) is 5.10 Å². The molecule has 3 aromatic rings. The van der Waals surface area contributed by atoms with Crippen LogP contribution in [0.15, 0.2) is 36.4 Å². The third kappa shape index (κ3) is 3.46. The van der Waals surface area contributed by atoms with Gasteiger partial charge in [-0.1, -0.05) is 25.0 Å². The molecule has 0 radical (unpaired) electrons. The minimum atomic E-state index is -2.45. The van der Waals surface area contributed by atoms with Gasteiger partial charge in [-0.05, 0) is 55.0 Å². The molecule has 2 aromatic carbocycles. The van der Waals surface area contributed by atoms with Gasteiger partial charge < -0.3 is 15.3 Å². The second kappa shape index (κ2) is 6.28. The molecule has 0 aliphatic heterocycles. The standard InChI is InChI=1S/C18H21BN3O2P/c1-11-17-9-12(5-6-16(17)18(20)22-21-11)13-7-14(19(2)23)10-15(8-13)25(3,4)24/h5-10,23H,1-4H3,(H2,20,22). The number of hydrogen-bond donors (Lipinski definition) is 2. The van der Waals surface area contributed by atoms with Crippen LogP contribution in [-0.2, 0) is 4.57 Å². The molecule has 7 heteroatoms. The van der Waals surface area contributed by atoms with Crippen LogP contribution in [0.1, 0.15) is 5.69 Å². The third-order valence-electron chi connectivity index (χ3n) is 4.37. The smallest absolute Gasteiger partial charge is 0.320 e. The van der Waals surface area contributed by atoms with Crippen molar-refractivity contribution in [3.05, 3.63) is 42.1 Å². The van der Waals surface area contributed by atoms with Crippen molar-refractivity contribution in [2.45, 2.75) is 13.7 Å². The van der Waals surface area contributed by atoms with Gasteiger partial charge in [0, 0.05) is 16.1 Å². The van der Waals surface area contributed by atoms with Crippen molar-refractivity contribution >= 4 is 41.4 Å². The summed E-state index contributed by atoms with van der Waals surface area (Å²) in [4.78, 5) is 0. The molecule has 0 saturated carbocycles. The van der Waals surface area contributed by atoms with Crippen molar-refractivity contribution in [1.29, 1.82) is 0 Å². The first-order valence-corrected chi connectivity index (χ1v) is 10.7. The van der Waals surface area contributed by atoms with Gasteiger partial charge in [0.05, 0.1) is 5.69 Å². The molecule has 0 bridgehead atoms. The number of nitrogens with zero attached hydrogens (tertiary/aromatic N) is 2. The molecule has 0 unspecified atom stereocenters. The molecule has 3 rings (SSSR count). The van der Waals surface area contributed by atoms with Crippen LogP contribution in [-0.4, -0.2) is 35.5 Å². The van der Waals surface area contributed by atoms with Crippen LogP contribution in [0.25, 0.3) is 21.9 Å². The maximum absolute atomic E-state index is 12.6. The lowest BCUT2D eigenvalue weighted by molar-refractivity contribution is 0.588. The Kier molecular flexibility index (Phi) is 4.44. The lowest BCUT2D eigenvalue weighted by Crippen LogP contribution is -2.29. The summed E-state index contributed by atoms with van der Waals surface area (Å²) >= 11 is 0. The predicted octanol–water partition coefficient (Wildman–Crippen LogP) is 2.26. The number of aromatic nitrogens is 2. The summed E-state index contributed by atoms with van der Waals surface area (Å²) in [6.45, 7) is 6.44. The fraction of sp³-hybridized carbons (Fsp3) is 0.222. The highest BCUT2D eigenvalue weighted by Gasteiger charge is 2.17. The number of rotatable bonds is 3. The number of benzene rings is 2. The number of nitrogen functional groups attached to an aromatic ring is 1. The molecule has 128 valence electrons. The van der Waals surface area contributed by atoms with E-state index >= 15 is 0 Å². The quantitative estimate of drug-likeness (QED) is 0.557. The molecule has 0 saturated heterocycles. The Bertz CT molecular complexity index is 1010. The second-order valence-corrected chi connectivity index (χ2v) is 9.99. The van der Waals surface area contributed by atoms with E-state index in [1.54, 1.807) is 20.2 Å². The Hall–Kier alpha value is -2.17. The maximum atomic E-state index is 12.6. The zero-order chi connectivity index (χ0) is 18.4. The molecule has 0 spiro atoms. The van der Waals surface area contributed by atoms with E-state index in [1.165, 1.54) is 0 Å². The van der Waals surface area contributed by atoms with Gasteiger partial charge in [0.15, 0.2) is 5.82 Å². The zero-order valence-corrected chi connectivity index (χ0v) is 15.7. The molecule has 1 heterocycles. The number of hydrogen-bond acceptors (Lipinski definition) is 5. The maximum Gasteiger partial charge on any atom is 0.320 e. The van der Waals surface area contributed by atoms with Crippen molar-refractivity contribution < 1.29 is 9.59 Å². The zero-order valence-electron chi connectivity index (χ0n) is 14.8. The normalized spacial score (nSPS) is 11.7. The average Bonchev–Trinajstić information content (AvgIpc) is 2.56. The molecule has 5 nitrogen and oxygen atoms in total. The van der Waals surface area contributed by atoms with Gasteiger partial charge in [-0.25, -0.2) is 0 Å². The van der Waals surface area contributed by atoms with Crippen LogP contribution in [0.5, 0.6) is 0 Å². The van der Waals surface area contributed by atoms with Gasteiger partial charge in [0.25, 0.3) is 0 Å². The molecule has 0 aliphatic carbocycles. The van der Waals surface area contributed by atoms with Gasteiger partial charge in [-0.2, -0.15) is 5.10 Å². The first-order chi connectivity index (χ1) is 11.7. The number of fused-ring (bicyclic) bond motifs is 1. The summed E-state index contributed by atoms with van der Waals surface area (Å²) in [6, 6.07) is 11.6.